The highest BCUT2D eigenvalue weighted by Gasteiger charge is 2.18. The molecule has 4 rings (SSSR count). The number of nitrogens with zero attached hydrogens (tertiary/aromatic N) is 4. The Morgan fingerprint density at radius 1 is 1.11 bits per heavy atom. The number of piperidine rings is 1. The van der Waals surface area contributed by atoms with Gasteiger partial charge in [-0.05, 0) is 55.7 Å². The van der Waals surface area contributed by atoms with Crippen molar-refractivity contribution in [3.05, 3.63) is 42.0 Å². The van der Waals surface area contributed by atoms with Gasteiger partial charge < -0.3 is 20.7 Å². The zero-order valence-corrected chi connectivity index (χ0v) is 15.8. The molecule has 1 aliphatic rings. The van der Waals surface area contributed by atoms with Gasteiger partial charge in [0.2, 0.25) is 5.95 Å². The minimum Gasteiger partial charge on any atom is -0.497 e. The molecule has 142 valence electrons. The number of benzene rings is 2. The van der Waals surface area contributed by atoms with Crippen molar-refractivity contribution >= 4 is 34.0 Å². The van der Waals surface area contributed by atoms with Gasteiger partial charge in [0.05, 0.1) is 24.3 Å². The number of nitrogen functional groups attached to an aromatic ring is 1. The summed E-state index contributed by atoms with van der Waals surface area (Å²) in [5, 5.41) is 13.4. The fourth-order valence-corrected chi connectivity index (χ4v) is 3.54. The van der Waals surface area contributed by atoms with E-state index in [1.54, 1.807) is 25.3 Å². The second-order valence-corrected chi connectivity index (χ2v) is 6.88. The Morgan fingerprint density at radius 2 is 1.93 bits per heavy atom. The molecule has 0 radical (unpaired) electrons. The second kappa shape index (κ2) is 7.61. The summed E-state index contributed by atoms with van der Waals surface area (Å²) < 4.78 is 5.40. The van der Waals surface area contributed by atoms with Crippen LogP contribution in [-0.4, -0.2) is 30.2 Å². The lowest BCUT2D eigenvalue weighted by Crippen LogP contribution is -2.30. The van der Waals surface area contributed by atoms with Crippen LogP contribution in [0, 0.1) is 11.3 Å². The van der Waals surface area contributed by atoms with E-state index < -0.39 is 0 Å². The third kappa shape index (κ3) is 3.62. The maximum Gasteiger partial charge on any atom is 0.229 e. The first-order valence-electron chi connectivity index (χ1n) is 9.35. The van der Waals surface area contributed by atoms with E-state index in [9.17, 15) is 5.26 Å². The standard InChI is InChI=1S/C21H22N6O/c1-28-17-5-6-19-18(12-17)20(27-7-3-2-4-8-27)26-21(25-19)24-16-10-14(13-22)9-15(23)11-16/h5-6,9-12H,2-4,7-8,23H2,1H3,(H,24,25,26). The number of anilines is 4. The van der Waals surface area contributed by atoms with Crippen LogP contribution >= 0.6 is 0 Å². The van der Waals surface area contributed by atoms with Crippen molar-refractivity contribution < 1.29 is 4.74 Å². The van der Waals surface area contributed by atoms with E-state index in [1.807, 2.05) is 18.2 Å². The van der Waals surface area contributed by atoms with Crippen LogP contribution in [0.3, 0.4) is 0 Å². The summed E-state index contributed by atoms with van der Waals surface area (Å²) in [5.74, 6) is 2.16. The van der Waals surface area contributed by atoms with Crippen molar-refractivity contribution in [1.29, 1.82) is 5.26 Å². The van der Waals surface area contributed by atoms with E-state index in [4.69, 9.17) is 15.5 Å². The highest BCUT2D eigenvalue weighted by atomic mass is 16.5. The Morgan fingerprint density at radius 3 is 2.68 bits per heavy atom. The molecule has 1 saturated heterocycles. The van der Waals surface area contributed by atoms with Crippen molar-refractivity contribution in [2.45, 2.75) is 19.3 Å². The Labute approximate surface area is 163 Å². The summed E-state index contributed by atoms with van der Waals surface area (Å²) in [6.45, 7) is 1.94. The van der Waals surface area contributed by atoms with Gasteiger partial charge >= 0.3 is 0 Å². The maximum atomic E-state index is 9.17. The van der Waals surface area contributed by atoms with Crippen molar-refractivity contribution in [3.8, 4) is 11.8 Å². The first-order valence-corrected chi connectivity index (χ1v) is 9.35. The molecule has 28 heavy (non-hydrogen) atoms. The first kappa shape index (κ1) is 17.9. The molecule has 7 nitrogen and oxygen atoms in total. The van der Waals surface area contributed by atoms with Crippen LogP contribution in [0.4, 0.5) is 23.1 Å². The van der Waals surface area contributed by atoms with E-state index in [0.717, 1.165) is 48.4 Å². The van der Waals surface area contributed by atoms with Gasteiger partial charge in [0.25, 0.3) is 0 Å². The number of aromatic nitrogens is 2. The van der Waals surface area contributed by atoms with Crippen LogP contribution in [0.25, 0.3) is 10.9 Å². The average molecular weight is 374 g/mol. The molecule has 1 aromatic heterocycles. The minimum atomic E-state index is 0.479. The highest BCUT2D eigenvalue weighted by molar-refractivity contribution is 5.92. The minimum absolute atomic E-state index is 0.479. The average Bonchev–Trinajstić information content (AvgIpc) is 2.73. The molecule has 2 heterocycles. The first-order chi connectivity index (χ1) is 13.7. The molecular weight excluding hydrogens is 352 g/mol. The number of ether oxygens (including phenoxy) is 1. The Bertz CT molecular complexity index is 1050. The molecule has 0 spiro atoms. The van der Waals surface area contributed by atoms with Crippen LogP contribution in [0.15, 0.2) is 36.4 Å². The molecule has 0 amide bonds. The Kier molecular flexibility index (Phi) is 4.85. The number of fused-ring (bicyclic) bond motifs is 1. The van der Waals surface area contributed by atoms with Crippen molar-refractivity contribution in [2.75, 3.05) is 36.1 Å². The third-order valence-electron chi connectivity index (χ3n) is 4.88. The summed E-state index contributed by atoms with van der Waals surface area (Å²) in [4.78, 5) is 11.8. The summed E-state index contributed by atoms with van der Waals surface area (Å²) >= 11 is 0. The number of rotatable bonds is 4. The molecule has 0 bridgehead atoms. The predicted molar refractivity (Wildman–Crippen MR) is 111 cm³/mol. The lowest BCUT2D eigenvalue weighted by molar-refractivity contribution is 0.415. The van der Waals surface area contributed by atoms with Gasteiger partial charge in [-0.2, -0.15) is 10.2 Å². The summed E-state index contributed by atoms with van der Waals surface area (Å²) in [6.07, 6.45) is 3.55. The molecule has 0 saturated carbocycles. The fraction of sp³-hybridized carbons (Fsp3) is 0.286. The van der Waals surface area contributed by atoms with Crippen LogP contribution < -0.4 is 20.7 Å². The number of hydrogen-bond acceptors (Lipinski definition) is 7. The van der Waals surface area contributed by atoms with Gasteiger partial charge in [-0.1, -0.05) is 0 Å². The SMILES string of the molecule is COc1ccc2nc(Nc3cc(N)cc(C#N)c3)nc(N3CCCCC3)c2c1. The van der Waals surface area contributed by atoms with Crippen LogP contribution in [0.5, 0.6) is 5.75 Å². The Hall–Kier alpha value is -3.53. The van der Waals surface area contributed by atoms with Gasteiger partial charge in [-0.15, -0.1) is 0 Å². The quantitative estimate of drug-likeness (QED) is 0.669. The number of nitriles is 1. The lowest BCUT2D eigenvalue weighted by Gasteiger charge is -2.29. The zero-order chi connectivity index (χ0) is 19.5. The van der Waals surface area contributed by atoms with E-state index in [-0.39, 0.29) is 0 Å². The fourth-order valence-electron chi connectivity index (χ4n) is 3.54. The second-order valence-electron chi connectivity index (χ2n) is 6.88. The van der Waals surface area contributed by atoms with Crippen molar-refractivity contribution in [1.82, 2.24) is 9.97 Å². The number of nitrogens with one attached hydrogen (secondary N) is 1. The number of nitrogens with two attached hydrogens (primary N) is 1. The zero-order valence-electron chi connectivity index (χ0n) is 15.8. The molecule has 3 N–H and O–H groups in total. The smallest absolute Gasteiger partial charge is 0.229 e. The predicted octanol–water partition coefficient (Wildman–Crippen LogP) is 3.83. The van der Waals surface area contributed by atoms with E-state index >= 15 is 0 Å². The molecule has 0 unspecified atom stereocenters. The Balaban J connectivity index is 1.79. The van der Waals surface area contributed by atoms with Gasteiger partial charge in [-0.25, -0.2) is 4.98 Å². The van der Waals surface area contributed by atoms with Gasteiger partial charge in [0, 0.05) is 29.9 Å². The third-order valence-corrected chi connectivity index (χ3v) is 4.88. The summed E-state index contributed by atoms with van der Waals surface area (Å²) in [7, 11) is 1.66. The van der Waals surface area contributed by atoms with Gasteiger partial charge in [0.15, 0.2) is 0 Å². The maximum absolute atomic E-state index is 9.17. The van der Waals surface area contributed by atoms with Crippen molar-refractivity contribution in [2.24, 2.45) is 0 Å². The molecule has 1 fully saturated rings. The monoisotopic (exact) mass is 374 g/mol. The van der Waals surface area contributed by atoms with E-state index in [1.165, 1.54) is 6.42 Å². The van der Waals surface area contributed by atoms with E-state index in [0.29, 0.717) is 22.9 Å². The summed E-state index contributed by atoms with van der Waals surface area (Å²) in [5.41, 5.74) is 8.44. The summed E-state index contributed by atoms with van der Waals surface area (Å²) in [6, 6.07) is 13.1. The molecule has 2 aromatic carbocycles. The lowest BCUT2D eigenvalue weighted by atomic mass is 10.1. The molecule has 7 heteroatoms. The normalized spacial score (nSPS) is 13.9. The molecule has 3 aromatic rings. The number of hydrogen-bond donors (Lipinski definition) is 2. The molecule has 0 aliphatic carbocycles. The topological polar surface area (TPSA) is 100 Å². The number of methoxy groups -OCH3 is 1. The van der Waals surface area contributed by atoms with Crippen LogP contribution in [0.1, 0.15) is 24.8 Å². The molecular formula is C21H22N6O. The van der Waals surface area contributed by atoms with Crippen molar-refractivity contribution in [3.63, 3.8) is 0 Å². The van der Waals surface area contributed by atoms with Crippen LogP contribution in [0.2, 0.25) is 0 Å². The van der Waals surface area contributed by atoms with Gasteiger partial charge in [0.1, 0.15) is 11.6 Å². The van der Waals surface area contributed by atoms with E-state index in [2.05, 4.69) is 21.3 Å². The van der Waals surface area contributed by atoms with Crippen LogP contribution in [-0.2, 0) is 0 Å². The van der Waals surface area contributed by atoms with Gasteiger partial charge in [-0.3, -0.25) is 0 Å². The largest absolute Gasteiger partial charge is 0.497 e. The highest BCUT2D eigenvalue weighted by Crippen LogP contribution is 2.31. The molecule has 1 aliphatic heterocycles. The molecule has 0 atom stereocenters.